The summed E-state index contributed by atoms with van der Waals surface area (Å²) in [6.07, 6.45) is -4.24. The maximum absolute atomic E-state index is 12.6. The highest BCUT2D eigenvalue weighted by molar-refractivity contribution is 9.10. The summed E-state index contributed by atoms with van der Waals surface area (Å²) in [6.45, 7) is 0.237. The van der Waals surface area contributed by atoms with E-state index in [1.165, 1.54) is 12.1 Å². The van der Waals surface area contributed by atoms with Crippen LogP contribution in [0.2, 0.25) is 0 Å². The minimum Gasteiger partial charge on any atom is -0.385 e. The topological polar surface area (TPSA) is 41.1 Å². The Morgan fingerprint density at radius 2 is 1.74 bits per heavy atom. The van der Waals surface area contributed by atoms with Crippen LogP contribution < -0.4 is 10.6 Å². The van der Waals surface area contributed by atoms with Gasteiger partial charge in [0.05, 0.1) is 5.56 Å². The van der Waals surface area contributed by atoms with Crippen molar-refractivity contribution in [3.8, 4) is 0 Å². The molecule has 0 atom stereocenters. The fourth-order valence-electron chi connectivity index (χ4n) is 1.92. The van der Waals surface area contributed by atoms with Crippen molar-refractivity contribution < 1.29 is 18.0 Å². The summed E-state index contributed by atoms with van der Waals surface area (Å²) in [6, 6.07) is 12.0. The van der Waals surface area contributed by atoms with Gasteiger partial charge < -0.3 is 10.6 Å². The van der Waals surface area contributed by atoms with Crippen molar-refractivity contribution in [3.05, 3.63) is 58.6 Å². The molecule has 0 saturated carbocycles. The van der Waals surface area contributed by atoms with Gasteiger partial charge >= 0.3 is 6.18 Å². The van der Waals surface area contributed by atoms with E-state index in [0.29, 0.717) is 11.4 Å². The lowest BCUT2D eigenvalue weighted by molar-refractivity contribution is -0.137. The van der Waals surface area contributed by atoms with Crippen LogP contribution in [0.1, 0.15) is 12.0 Å². The molecule has 1 amide bonds. The van der Waals surface area contributed by atoms with Gasteiger partial charge in [-0.2, -0.15) is 13.2 Å². The lowest BCUT2D eigenvalue weighted by Gasteiger charge is -2.11. The molecule has 122 valence electrons. The van der Waals surface area contributed by atoms with E-state index in [1.54, 1.807) is 18.2 Å². The van der Waals surface area contributed by atoms with Gasteiger partial charge in [-0.25, -0.2) is 0 Å². The number of carbonyl (C=O) groups is 1. The summed E-state index contributed by atoms with van der Waals surface area (Å²) in [4.78, 5) is 11.8. The molecule has 0 unspecified atom stereocenters. The van der Waals surface area contributed by atoms with Gasteiger partial charge in [0, 0.05) is 28.8 Å². The van der Waals surface area contributed by atoms with Gasteiger partial charge in [-0.1, -0.05) is 28.1 Å². The monoisotopic (exact) mass is 386 g/mol. The van der Waals surface area contributed by atoms with Crippen LogP contribution >= 0.6 is 15.9 Å². The molecule has 2 N–H and O–H groups in total. The van der Waals surface area contributed by atoms with Crippen LogP contribution in [0, 0.1) is 0 Å². The van der Waals surface area contributed by atoms with Gasteiger partial charge in [0.25, 0.3) is 0 Å². The Morgan fingerprint density at radius 1 is 1.04 bits per heavy atom. The summed E-state index contributed by atoms with van der Waals surface area (Å²) in [7, 11) is 0. The van der Waals surface area contributed by atoms with Crippen LogP contribution in [0.3, 0.4) is 0 Å². The Balaban J connectivity index is 1.84. The normalized spacial score (nSPS) is 11.1. The summed E-state index contributed by atoms with van der Waals surface area (Å²) in [5.41, 5.74) is 0.264. The quantitative estimate of drug-likeness (QED) is 0.766. The largest absolute Gasteiger partial charge is 0.416 e. The lowest BCUT2D eigenvalue weighted by Crippen LogP contribution is -2.16. The zero-order valence-corrected chi connectivity index (χ0v) is 13.5. The van der Waals surface area contributed by atoms with Gasteiger partial charge in [-0.15, -0.1) is 0 Å². The van der Waals surface area contributed by atoms with Crippen molar-refractivity contribution in [1.29, 1.82) is 0 Å². The molecule has 3 nitrogen and oxygen atoms in total. The highest BCUT2D eigenvalue weighted by Crippen LogP contribution is 2.30. The molecule has 0 aliphatic heterocycles. The van der Waals surface area contributed by atoms with E-state index in [9.17, 15) is 18.0 Å². The first-order valence-electron chi connectivity index (χ1n) is 6.81. The smallest absolute Gasteiger partial charge is 0.385 e. The third-order valence-corrected chi connectivity index (χ3v) is 3.47. The van der Waals surface area contributed by atoms with Crippen LogP contribution in [-0.2, 0) is 11.0 Å². The molecule has 0 heterocycles. The van der Waals surface area contributed by atoms with Crippen molar-refractivity contribution in [2.24, 2.45) is 0 Å². The van der Waals surface area contributed by atoms with E-state index in [1.807, 2.05) is 6.07 Å². The summed E-state index contributed by atoms with van der Waals surface area (Å²) in [5, 5.41) is 5.53. The van der Waals surface area contributed by atoms with E-state index in [2.05, 4.69) is 26.6 Å². The molecule has 0 aromatic heterocycles. The molecule has 0 saturated heterocycles. The van der Waals surface area contributed by atoms with Crippen molar-refractivity contribution in [3.63, 3.8) is 0 Å². The molecule has 0 aliphatic carbocycles. The van der Waals surface area contributed by atoms with Crippen LogP contribution in [0.25, 0.3) is 0 Å². The number of alkyl halides is 3. The fourth-order valence-corrected chi connectivity index (χ4v) is 2.31. The van der Waals surface area contributed by atoms with Crippen LogP contribution in [-0.4, -0.2) is 12.5 Å². The minimum atomic E-state index is -4.38. The Hall–Kier alpha value is -2.02. The fraction of sp³-hybridized carbons (Fsp3) is 0.188. The average molecular weight is 387 g/mol. The maximum atomic E-state index is 12.6. The predicted molar refractivity (Wildman–Crippen MR) is 87.3 cm³/mol. The molecule has 0 fully saturated rings. The SMILES string of the molecule is O=C(CCNc1cccc(C(F)(F)F)c1)Nc1cccc(Br)c1. The summed E-state index contributed by atoms with van der Waals surface area (Å²) >= 11 is 3.30. The molecule has 0 radical (unpaired) electrons. The number of anilines is 2. The van der Waals surface area contributed by atoms with E-state index in [4.69, 9.17) is 0 Å². The van der Waals surface area contributed by atoms with Gasteiger partial charge in [-0.3, -0.25) is 4.79 Å². The number of benzene rings is 2. The predicted octanol–water partition coefficient (Wildman–Crippen LogP) is 4.91. The number of nitrogens with one attached hydrogen (secondary N) is 2. The lowest BCUT2D eigenvalue weighted by atomic mass is 10.2. The van der Waals surface area contributed by atoms with E-state index < -0.39 is 11.7 Å². The second-order valence-corrected chi connectivity index (χ2v) is 5.73. The Labute approximate surface area is 140 Å². The molecule has 0 aliphatic rings. The molecule has 7 heteroatoms. The summed E-state index contributed by atoms with van der Waals surface area (Å²) < 4.78 is 38.6. The highest BCUT2D eigenvalue weighted by atomic mass is 79.9. The summed E-state index contributed by atoms with van der Waals surface area (Å²) in [5.74, 6) is -0.220. The second-order valence-electron chi connectivity index (χ2n) is 4.81. The number of hydrogen-bond acceptors (Lipinski definition) is 2. The van der Waals surface area contributed by atoms with Gasteiger partial charge in [-0.05, 0) is 36.4 Å². The van der Waals surface area contributed by atoms with Crippen molar-refractivity contribution in [1.82, 2.24) is 0 Å². The Kier molecular flexibility index (Phi) is 5.65. The average Bonchev–Trinajstić information content (AvgIpc) is 2.46. The maximum Gasteiger partial charge on any atom is 0.416 e. The van der Waals surface area contributed by atoms with Crippen molar-refractivity contribution in [2.45, 2.75) is 12.6 Å². The van der Waals surface area contributed by atoms with E-state index >= 15 is 0 Å². The number of hydrogen-bond donors (Lipinski definition) is 2. The van der Waals surface area contributed by atoms with Gasteiger partial charge in [0.1, 0.15) is 0 Å². The second kappa shape index (κ2) is 7.50. The first-order chi connectivity index (χ1) is 10.8. The van der Waals surface area contributed by atoms with Crippen molar-refractivity contribution >= 4 is 33.2 Å². The van der Waals surface area contributed by atoms with Crippen LogP contribution in [0.15, 0.2) is 53.0 Å². The molecule has 2 aromatic rings. The van der Waals surface area contributed by atoms with Gasteiger partial charge in [0.2, 0.25) is 5.91 Å². The molecular weight excluding hydrogens is 373 g/mol. The Morgan fingerprint density at radius 3 is 2.43 bits per heavy atom. The van der Waals surface area contributed by atoms with Crippen LogP contribution in [0.4, 0.5) is 24.5 Å². The molecular formula is C16H14BrF3N2O. The standard InChI is InChI=1S/C16H14BrF3N2O/c17-12-4-2-6-14(10-12)22-15(23)7-8-21-13-5-1-3-11(9-13)16(18,19)20/h1-6,9-10,21H,7-8H2,(H,22,23). The minimum absolute atomic E-state index is 0.142. The number of halogens is 4. The van der Waals surface area contributed by atoms with E-state index in [-0.39, 0.29) is 18.9 Å². The first kappa shape index (κ1) is 17.3. The third kappa shape index (κ3) is 5.59. The van der Waals surface area contributed by atoms with Crippen molar-refractivity contribution in [2.75, 3.05) is 17.2 Å². The first-order valence-corrected chi connectivity index (χ1v) is 7.60. The highest BCUT2D eigenvalue weighted by Gasteiger charge is 2.30. The Bertz CT molecular complexity index is 689. The molecule has 0 spiro atoms. The third-order valence-electron chi connectivity index (χ3n) is 2.98. The zero-order valence-electron chi connectivity index (χ0n) is 12.0. The molecule has 2 aromatic carbocycles. The number of carbonyl (C=O) groups excluding carboxylic acids is 1. The zero-order chi connectivity index (χ0) is 16.9. The molecule has 23 heavy (non-hydrogen) atoms. The van der Waals surface area contributed by atoms with Gasteiger partial charge in [0.15, 0.2) is 0 Å². The van der Waals surface area contributed by atoms with E-state index in [0.717, 1.165) is 16.6 Å². The number of amides is 1. The number of rotatable bonds is 5. The molecule has 0 bridgehead atoms. The molecule has 2 rings (SSSR count). The van der Waals surface area contributed by atoms with Crippen LogP contribution in [0.5, 0.6) is 0 Å².